The van der Waals surface area contributed by atoms with Gasteiger partial charge in [-0.1, -0.05) is 0 Å². The molecule has 0 spiro atoms. The number of benzene rings is 1. The number of hydrogen-bond donors (Lipinski definition) is 2. The summed E-state index contributed by atoms with van der Waals surface area (Å²) in [4.78, 5) is 10.8. The standard InChI is InChI=1S/C11H9N5O/c1-8(17)14-9-2-4-10(5-3-9)15-16-11(6-12)7-13/h2-5,15H,1H3,(H,14,17). The van der Waals surface area contributed by atoms with Crippen LogP contribution in [0.5, 0.6) is 0 Å². The number of rotatable bonds is 3. The Balaban J connectivity index is 2.70. The van der Waals surface area contributed by atoms with Gasteiger partial charge in [0.05, 0.1) is 5.69 Å². The molecule has 84 valence electrons. The smallest absolute Gasteiger partial charge is 0.237 e. The van der Waals surface area contributed by atoms with Crippen molar-refractivity contribution < 1.29 is 4.79 Å². The molecule has 0 bridgehead atoms. The number of carbonyl (C=O) groups excluding carboxylic acids is 1. The molecule has 0 heterocycles. The highest BCUT2D eigenvalue weighted by atomic mass is 16.1. The summed E-state index contributed by atoms with van der Waals surface area (Å²) in [5.74, 6) is -0.153. The van der Waals surface area contributed by atoms with Gasteiger partial charge in [-0.2, -0.15) is 15.6 Å². The van der Waals surface area contributed by atoms with E-state index in [1.807, 2.05) is 0 Å². The summed E-state index contributed by atoms with van der Waals surface area (Å²) in [6, 6.07) is 9.95. The molecule has 0 aromatic heterocycles. The lowest BCUT2D eigenvalue weighted by Crippen LogP contribution is -2.05. The van der Waals surface area contributed by atoms with E-state index in [4.69, 9.17) is 10.5 Å². The number of nitrogens with zero attached hydrogens (tertiary/aromatic N) is 3. The molecule has 0 radical (unpaired) electrons. The maximum atomic E-state index is 10.8. The van der Waals surface area contributed by atoms with Gasteiger partial charge in [0.25, 0.3) is 0 Å². The van der Waals surface area contributed by atoms with Gasteiger partial charge in [0, 0.05) is 12.6 Å². The average molecular weight is 227 g/mol. The van der Waals surface area contributed by atoms with E-state index in [9.17, 15) is 4.79 Å². The fourth-order valence-electron chi connectivity index (χ4n) is 1.03. The molecular weight excluding hydrogens is 218 g/mol. The van der Waals surface area contributed by atoms with Gasteiger partial charge in [0.1, 0.15) is 12.1 Å². The van der Waals surface area contributed by atoms with Crippen LogP contribution >= 0.6 is 0 Å². The number of anilines is 2. The van der Waals surface area contributed by atoms with E-state index in [1.165, 1.54) is 6.92 Å². The third-order valence-corrected chi connectivity index (χ3v) is 1.71. The minimum atomic E-state index is -0.254. The van der Waals surface area contributed by atoms with E-state index in [0.717, 1.165) is 0 Å². The van der Waals surface area contributed by atoms with E-state index in [-0.39, 0.29) is 11.6 Å². The second kappa shape index (κ2) is 5.89. The highest BCUT2D eigenvalue weighted by molar-refractivity contribution is 6.10. The highest BCUT2D eigenvalue weighted by Gasteiger charge is 1.96. The molecule has 6 nitrogen and oxygen atoms in total. The molecule has 0 saturated heterocycles. The SMILES string of the molecule is CC(=O)Nc1ccc(NN=C(C#N)C#N)cc1. The molecule has 1 amide bonds. The van der Waals surface area contributed by atoms with Gasteiger partial charge in [-0.3, -0.25) is 10.2 Å². The molecule has 0 fully saturated rings. The molecule has 1 aromatic carbocycles. The Morgan fingerprint density at radius 1 is 1.18 bits per heavy atom. The zero-order valence-electron chi connectivity index (χ0n) is 9.06. The van der Waals surface area contributed by atoms with Crippen molar-refractivity contribution in [3.63, 3.8) is 0 Å². The van der Waals surface area contributed by atoms with Crippen LogP contribution in [0.1, 0.15) is 6.92 Å². The zero-order chi connectivity index (χ0) is 12.7. The maximum absolute atomic E-state index is 10.8. The lowest BCUT2D eigenvalue weighted by molar-refractivity contribution is -0.114. The number of hydrogen-bond acceptors (Lipinski definition) is 5. The fraction of sp³-hybridized carbons (Fsp3) is 0.0909. The fourth-order valence-corrected chi connectivity index (χ4v) is 1.03. The van der Waals surface area contributed by atoms with Crippen LogP contribution in [0, 0.1) is 22.7 Å². The van der Waals surface area contributed by atoms with Gasteiger partial charge >= 0.3 is 0 Å². The predicted molar refractivity (Wildman–Crippen MR) is 63.0 cm³/mol. The molecule has 2 N–H and O–H groups in total. The summed E-state index contributed by atoms with van der Waals surface area (Å²) in [7, 11) is 0. The highest BCUT2D eigenvalue weighted by Crippen LogP contribution is 2.13. The van der Waals surface area contributed by atoms with Gasteiger partial charge in [0.15, 0.2) is 0 Å². The Bertz CT molecular complexity index is 502. The van der Waals surface area contributed by atoms with Crippen LogP contribution in [0.2, 0.25) is 0 Å². The summed E-state index contributed by atoms with van der Waals surface area (Å²) >= 11 is 0. The molecular formula is C11H9N5O. The second-order valence-corrected chi connectivity index (χ2v) is 3.05. The Labute approximate surface area is 98.2 Å². The number of amides is 1. The van der Waals surface area contributed by atoms with E-state index in [0.29, 0.717) is 11.4 Å². The first-order valence-electron chi connectivity index (χ1n) is 4.67. The van der Waals surface area contributed by atoms with E-state index in [2.05, 4.69) is 15.8 Å². The van der Waals surface area contributed by atoms with Crippen LogP contribution in [0.4, 0.5) is 11.4 Å². The van der Waals surface area contributed by atoms with Crippen molar-refractivity contribution in [2.45, 2.75) is 6.92 Å². The Kier molecular flexibility index (Phi) is 4.23. The van der Waals surface area contributed by atoms with Crippen molar-refractivity contribution in [3.05, 3.63) is 24.3 Å². The normalized spacial score (nSPS) is 8.41. The number of nitrogens with one attached hydrogen (secondary N) is 2. The van der Waals surface area contributed by atoms with Gasteiger partial charge in [-0.15, -0.1) is 0 Å². The van der Waals surface area contributed by atoms with Gasteiger partial charge in [0.2, 0.25) is 11.6 Å². The molecule has 1 rings (SSSR count). The van der Waals surface area contributed by atoms with Crippen molar-refractivity contribution >= 4 is 23.0 Å². The summed E-state index contributed by atoms with van der Waals surface area (Å²) < 4.78 is 0. The summed E-state index contributed by atoms with van der Waals surface area (Å²) in [5, 5.41) is 23.1. The first-order valence-corrected chi connectivity index (χ1v) is 4.67. The molecule has 0 aliphatic rings. The van der Waals surface area contributed by atoms with Crippen molar-refractivity contribution in [3.8, 4) is 12.1 Å². The Morgan fingerprint density at radius 2 is 1.71 bits per heavy atom. The minimum absolute atomic E-state index is 0.153. The quantitative estimate of drug-likeness (QED) is 0.602. The summed E-state index contributed by atoms with van der Waals surface area (Å²) in [6.45, 7) is 1.42. The Hall–Kier alpha value is -2.86. The van der Waals surface area contributed by atoms with E-state index < -0.39 is 0 Å². The summed E-state index contributed by atoms with van der Waals surface area (Å²) in [6.07, 6.45) is 0. The number of carbonyl (C=O) groups is 1. The van der Waals surface area contributed by atoms with E-state index in [1.54, 1.807) is 36.4 Å². The largest absolute Gasteiger partial charge is 0.326 e. The van der Waals surface area contributed by atoms with Gasteiger partial charge in [-0.05, 0) is 24.3 Å². The van der Waals surface area contributed by atoms with Gasteiger partial charge < -0.3 is 5.32 Å². The third kappa shape index (κ3) is 4.02. The predicted octanol–water partition coefficient (Wildman–Crippen LogP) is 1.46. The zero-order valence-corrected chi connectivity index (χ0v) is 9.06. The monoisotopic (exact) mass is 227 g/mol. The van der Waals surface area contributed by atoms with Crippen LogP contribution in [-0.2, 0) is 4.79 Å². The first kappa shape index (κ1) is 12.2. The topological polar surface area (TPSA) is 101 Å². The molecule has 17 heavy (non-hydrogen) atoms. The second-order valence-electron chi connectivity index (χ2n) is 3.05. The first-order chi connectivity index (χ1) is 8.15. The third-order valence-electron chi connectivity index (χ3n) is 1.71. The van der Waals surface area contributed by atoms with Crippen LogP contribution in [0.15, 0.2) is 29.4 Å². The molecule has 0 aliphatic carbocycles. The Morgan fingerprint density at radius 3 is 2.18 bits per heavy atom. The average Bonchev–Trinajstić information content (AvgIpc) is 2.32. The molecule has 0 unspecified atom stereocenters. The number of hydrazone groups is 1. The van der Waals surface area contributed by atoms with Crippen LogP contribution < -0.4 is 10.7 Å². The maximum Gasteiger partial charge on any atom is 0.237 e. The van der Waals surface area contributed by atoms with Crippen molar-refractivity contribution in [1.82, 2.24) is 0 Å². The van der Waals surface area contributed by atoms with Crippen LogP contribution in [0.3, 0.4) is 0 Å². The lowest BCUT2D eigenvalue weighted by atomic mass is 10.3. The van der Waals surface area contributed by atoms with Crippen molar-refractivity contribution in [2.24, 2.45) is 5.10 Å². The lowest BCUT2D eigenvalue weighted by Gasteiger charge is -2.03. The van der Waals surface area contributed by atoms with Gasteiger partial charge in [-0.25, -0.2) is 0 Å². The van der Waals surface area contributed by atoms with Crippen molar-refractivity contribution in [2.75, 3.05) is 10.7 Å². The van der Waals surface area contributed by atoms with Crippen molar-refractivity contribution in [1.29, 1.82) is 10.5 Å². The van der Waals surface area contributed by atoms with Crippen LogP contribution in [0.25, 0.3) is 0 Å². The number of nitriles is 2. The molecule has 6 heteroatoms. The molecule has 0 saturated carbocycles. The molecule has 0 aliphatic heterocycles. The van der Waals surface area contributed by atoms with E-state index >= 15 is 0 Å². The minimum Gasteiger partial charge on any atom is -0.326 e. The molecule has 1 aromatic rings. The van der Waals surface area contributed by atoms with Crippen LogP contribution in [-0.4, -0.2) is 11.6 Å². The molecule has 0 atom stereocenters. The summed E-state index contributed by atoms with van der Waals surface area (Å²) in [5.41, 5.74) is 3.58.